The lowest BCUT2D eigenvalue weighted by atomic mass is 10.1. The number of methoxy groups -OCH3 is 1. The van der Waals surface area contributed by atoms with Crippen LogP contribution in [0.3, 0.4) is 0 Å². The molecule has 1 aliphatic heterocycles. The number of nitrogens with one attached hydrogen (secondary N) is 1. The zero-order valence-electron chi connectivity index (χ0n) is 12.6. The monoisotopic (exact) mass is 308 g/mol. The second-order valence-corrected chi connectivity index (χ2v) is 5.85. The molecule has 1 saturated heterocycles. The van der Waals surface area contributed by atoms with Crippen LogP contribution in [-0.4, -0.2) is 56.5 Å². The highest BCUT2D eigenvalue weighted by Gasteiger charge is 2.40. The molecule has 0 bridgehead atoms. The Morgan fingerprint density at radius 3 is 3.18 bits per heavy atom. The molecule has 120 valence electrons. The van der Waals surface area contributed by atoms with Crippen LogP contribution >= 0.6 is 0 Å². The third-order valence-corrected chi connectivity index (χ3v) is 4.15. The number of nitrogens with zero attached hydrogens (tertiary/aromatic N) is 1. The topological polar surface area (TPSA) is 50.8 Å². The number of rotatable bonds is 4. The molecule has 3 atom stereocenters. The molecule has 1 saturated carbocycles. The average molecular weight is 308 g/mol. The number of benzene rings is 1. The fourth-order valence-corrected chi connectivity index (χ4v) is 2.90. The van der Waals surface area contributed by atoms with Crippen LogP contribution in [0.4, 0.5) is 9.18 Å². The van der Waals surface area contributed by atoms with Crippen molar-refractivity contribution in [3.63, 3.8) is 0 Å². The molecular formula is C16H21FN2O3. The van der Waals surface area contributed by atoms with Crippen molar-refractivity contribution < 1.29 is 18.7 Å². The molecule has 5 nitrogen and oxygen atoms in total. The van der Waals surface area contributed by atoms with E-state index in [-0.39, 0.29) is 29.9 Å². The van der Waals surface area contributed by atoms with E-state index in [4.69, 9.17) is 9.47 Å². The van der Waals surface area contributed by atoms with Crippen LogP contribution in [0.2, 0.25) is 0 Å². The van der Waals surface area contributed by atoms with Crippen LogP contribution in [0.5, 0.6) is 0 Å². The van der Waals surface area contributed by atoms with Gasteiger partial charge in [0.05, 0.1) is 25.9 Å². The molecular weight excluding hydrogens is 287 g/mol. The Labute approximate surface area is 129 Å². The lowest BCUT2D eigenvalue weighted by molar-refractivity contribution is -0.0494. The molecule has 0 aromatic heterocycles. The first-order valence-corrected chi connectivity index (χ1v) is 7.59. The van der Waals surface area contributed by atoms with Crippen molar-refractivity contribution in [1.82, 2.24) is 10.2 Å². The van der Waals surface area contributed by atoms with E-state index in [1.807, 2.05) is 6.07 Å². The maximum absolute atomic E-state index is 13.2. The summed E-state index contributed by atoms with van der Waals surface area (Å²) in [4.78, 5) is 14.0. The molecule has 1 aliphatic carbocycles. The maximum atomic E-state index is 13.2. The smallest absolute Gasteiger partial charge is 0.317 e. The number of amides is 2. The molecule has 0 radical (unpaired) electrons. The van der Waals surface area contributed by atoms with Gasteiger partial charge in [0, 0.05) is 25.6 Å². The normalized spacial score (nSPS) is 27.5. The van der Waals surface area contributed by atoms with Crippen molar-refractivity contribution in [2.24, 2.45) is 0 Å². The molecule has 2 fully saturated rings. The lowest BCUT2D eigenvalue weighted by Crippen LogP contribution is -2.51. The van der Waals surface area contributed by atoms with E-state index >= 15 is 0 Å². The summed E-state index contributed by atoms with van der Waals surface area (Å²) in [5.41, 5.74) is 0.949. The number of carbonyl (C=O) groups is 1. The quantitative estimate of drug-likeness (QED) is 0.922. The minimum Gasteiger partial charge on any atom is -0.382 e. The standard InChI is InChI=1S/C16H21FN2O3/c1-21-10-13-9-19(5-6-22-13)16(20)18-15-8-14(15)11-3-2-4-12(17)7-11/h2-4,7,13-15H,5-6,8-10H2,1H3,(H,18,20)/t13-,14+,15-/m0/s1. The van der Waals surface area contributed by atoms with Crippen LogP contribution in [0.1, 0.15) is 17.9 Å². The third-order valence-electron chi connectivity index (χ3n) is 4.15. The summed E-state index contributed by atoms with van der Waals surface area (Å²) < 4.78 is 23.8. The Kier molecular flexibility index (Phi) is 4.59. The van der Waals surface area contributed by atoms with Crippen LogP contribution < -0.4 is 5.32 Å². The Hall–Kier alpha value is -1.66. The van der Waals surface area contributed by atoms with Crippen LogP contribution in [0, 0.1) is 5.82 Å². The lowest BCUT2D eigenvalue weighted by Gasteiger charge is -2.32. The van der Waals surface area contributed by atoms with Gasteiger partial charge in [0.1, 0.15) is 5.82 Å². The summed E-state index contributed by atoms with van der Waals surface area (Å²) >= 11 is 0. The average Bonchev–Trinajstić information content (AvgIpc) is 3.27. The number of ether oxygens (including phenoxy) is 2. The van der Waals surface area contributed by atoms with Crippen molar-refractivity contribution in [3.8, 4) is 0 Å². The zero-order chi connectivity index (χ0) is 15.5. The predicted molar refractivity (Wildman–Crippen MR) is 79.3 cm³/mol. The van der Waals surface area contributed by atoms with Crippen molar-refractivity contribution in [1.29, 1.82) is 0 Å². The first-order valence-electron chi connectivity index (χ1n) is 7.59. The van der Waals surface area contributed by atoms with Gasteiger partial charge in [-0.3, -0.25) is 0 Å². The van der Waals surface area contributed by atoms with Crippen LogP contribution in [-0.2, 0) is 9.47 Å². The van der Waals surface area contributed by atoms with E-state index in [1.165, 1.54) is 6.07 Å². The minimum atomic E-state index is -0.231. The summed E-state index contributed by atoms with van der Waals surface area (Å²) in [6.45, 7) is 2.14. The van der Waals surface area contributed by atoms with Gasteiger partial charge in [-0.2, -0.15) is 0 Å². The molecule has 22 heavy (non-hydrogen) atoms. The van der Waals surface area contributed by atoms with E-state index < -0.39 is 0 Å². The van der Waals surface area contributed by atoms with Gasteiger partial charge in [0.15, 0.2) is 0 Å². The molecule has 2 amide bonds. The Morgan fingerprint density at radius 2 is 2.41 bits per heavy atom. The second-order valence-electron chi connectivity index (χ2n) is 5.85. The van der Waals surface area contributed by atoms with E-state index in [2.05, 4.69) is 5.32 Å². The van der Waals surface area contributed by atoms with Gasteiger partial charge in [-0.15, -0.1) is 0 Å². The van der Waals surface area contributed by atoms with Gasteiger partial charge in [-0.25, -0.2) is 9.18 Å². The van der Waals surface area contributed by atoms with Gasteiger partial charge in [-0.05, 0) is 24.1 Å². The highest BCUT2D eigenvalue weighted by molar-refractivity contribution is 5.75. The number of morpholine rings is 1. The van der Waals surface area contributed by atoms with Gasteiger partial charge in [0.25, 0.3) is 0 Å². The highest BCUT2D eigenvalue weighted by Crippen LogP contribution is 2.41. The summed E-state index contributed by atoms with van der Waals surface area (Å²) in [5.74, 6) is -0.0134. The minimum absolute atomic E-state index is 0.0669. The molecule has 1 N–H and O–H groups in total. The van der Waals surface area contributed by atoms with Crippen LogP contribution in [0.25, 0.3) is 0 Å². The highest BCUT2D eigenvalue weighted by atomic mass is 19.1. The Bertz CT molecular complexity index is 538. The first-order chi connectivity index (χ1) is 10.7. The van der Waals surface area contributed by atoms with E-state index in [0.29, 0.717) is 26.3 Å². The van der Waals surface area contributed by atoms with Gasteiger partial charge >= 0.3 is 6.03 Å². The number of carbonyl (C=O) groups excluding carboxylic acids is 1. The fraction of sp³-hybridized carbons (Fsp3) is 0.562. The van der Waals surface area contributed by atoms with E-state index in [9.17, 15) is 9.18 Å². The molecule has 6 heteroatoms. The van der Waals surface area contributed by atoms with Crippen molar-refractivity contribution in [2.45, 2.75) is 24.5 Å². The molecule has 1 aromatic carbocycles. The number of hydrogen-bond acceptors (Lipinski definition) is 3. The molecule has 0 unspecified atom stereocenters. The largest absolute Gasteiger partial charge is 0.382 e. The summed E-state index contributed by atoms with van der Waals surface area (Å²) in [6.07, 6.45) is 0.795. The molecule has 3 rings (SSSR count). The SMILES string of the molecule is COC[C@@H]1CN(C(=O)N[C@H]2C[C@@H]2c2cccc(F)c2)CCO1. The zero-order valence-corrected chi connectivity index (χ0v) is 12.6. The maximum Gasteiger partial charge on any atom is 0.317 e. The van der Waals surface area contributed by atoms with Crippen molar-refractivity contribution in [2.75, 3.05) is 33.4 Å². The molecule has 2 aliphatic rings. The van der Waals surface area contributed by atoms with Gasteiger partial charge in [-0.1, -0.05) is 12.1 Å². The molecule has 1 heterocycles. The number of urea groups is 1. The van der Waals surface area contributed by atoms with Gasteiger partial charge < -0.3 is 19.7 Å². The van der Waals surface area contributed by atoms with Crippen molar-refractivity contribution >= 4 is 6.03 Å². The molecule has 0 spiro atoms. The molecule has 1 aromatic rings. The van der Waals surface area contributed by atoms with Gasteiger partial charge in [0.2, 0.25) is 0 Å². The fourth-order valence-electron chi connectivity index (χ4n) is 2.90. The first kappa shape index (κ1) is 15.2. The summed E-state index contributed by atoms with van der Waals surface area (Å²) in [5, 5.41) is 3.02. The number of halogens is 1. The van der Waals surface area contributed by atoms with E-state index in [0.717, 1.165) is 12.0 Å². The van der Waals surface area contributed by atoms with Crippen molar-refractivity contribution in [3.05, 3.63) is 35.6 Å². The Morgan fingerprint density at radius 1 is 1.55 bits per heavy atom. The summed E-state index contributed by atoms with van der Waals surface area (Å²) in [7, 11) is 1.62. The second kappa shape index (κ2) is 6.62. The van der Waals surface area contributed by atoms with E-state index in [1.54, 1.807) is 24.1 Å². The summed E-state index contributed by atoms with van der Waals surface area (Å²) in [6, 6.07) is 6.61. The third kappa shape index (κ3) is 3.56. The predicted octanol–water partition coefficient (Wildman–Crippen LogP) is 1.74. The number of hydrogen-bond donors (Lipinski definition) is 1. The Balaban J connectivity index is 1.51. The van der Waals surface area contributed by atoms with Crippen LogP contribution in [0.15, 0.2) is 24.3 Å².